The molecule has 0 aromatic rings. The summed E-state index contributed by atoms with van der Waals surface area (Å²) in [7, 11) is 0. The first kappa shape index (κ1) is 102. The minimum Gasteiger partial charge on any atom is -0.480 e. The number of nitrogens with one attached hydrogen (secondary N) is 8. The zero-order valence-electron chi connectivity index (χ0n) is 65.4. The molecule has 8 amide bonds. The molecule has 0 unspecified atom stereocenters. The lowest BCUT2D eigenvalue weighted by Gasteiger charge is -2.33. The molecule has 0 saturated carbocycles. The van der Waals surface area contributed by atoms with Crippen molar-refractivity contribution in [1.29, 1.82) is 0 Å². The number of hydrogen-bond acceptors (Lipinski definition) is 24. The van der Waals surface area contributed by atoms with Gasteiger partial charge < -0.3 is 155 Å². The van der Waals surface area contributed by atoms with Gasteiger partial charge in [-0.3, -0.25) is 112 Å². The second-order valence-corrected chi connectivity index (χ2v) is 26.8. The first-order chi connectivity index (χ1) is 54.7. The van der Waals surface area contributed by atoms with E-state index in [9.17, 15) is 78.0 Å². The number of rotatable bonds is 56. The predicted molar refractivity (Wildman–Crippen MR) is 431 cm³/mol. The van der Waals surface area contributed by atoms with E-state index in [0.717, 1.165) is 0 Å². The van der Waals surface area contributed by atoms with Gasteiger partial charge in [-0.25, -0.2) is 4.79 Å². The molecule has 656 valence electrons. The number of carbonyl (C=O) groups is 12. The van der Waals surface area contributed by atoms with Gasteiger partial charge in [0, 0.05) is 105 Å². The molecule has 52 nitrogen and oxygen atoms in total. The summed E-state index contributed by atoms with van der Waals surface area (Å²) < 4.78 is 0. The van der Waals surface area contributed by atoms with Crippen LogP contribution in [0.15, 0.2) is 39.9 Å². The van der Waals surface area contributed by atoms with Crippen molar-refractivity contribution >= 4 is 119 Å². The molecule has 116 heavy (non-hydrogen) atoms. The van der Waals surface area contributed by atoms with E-state index in [1.807, 2.05) is 0 Å². The quantitative estimate of drug-likeness (QED) is 0.0153. The van der Waals surface area contributed by atoms with Gasteiger partial charge in [-0.05, 0) is 103 Å². The summed E-state index contributed by atoms with van der Waals surface area (Å²) in [5.74, 6) is -15.1. The van der Waals surface area contributed by atoms with E-state index in [1.165, 1.54) is 0 Å². The molecule has 0 aromatic carbocycles. The number of amides is 8. The largest absolute Gasteiger partial charge is 0.480 e. The van der Waals surface area contributed by atoms with Gasteiger partial charge >= 0.3 is 23.9 Å². The molecular weight excluding hydrogens is 1530 g/mol. The van der Waals surface area contributed by atoms with Gasteiger partial charge in [0.25, 0.3) is 0 Å². The van der Waals surface area contributed by atoms with Crippen LogP contribution in [-0.4, -0.2) is 338 Å². The van der Waals surface area contributed by atoms with Crippen LogP contribution in [0.25, 0.3) is 0 Å². The highest BCUT2D eigenvalue weighted by atomic mass is 16.4. The Kier molecular flexibility index (Phi) is 50.5. The number of carbonyl (C=O) groups excluding carboxylic acids is 8. The fourth-order valence-corrected chi connectivity index (χ4v) is 11.3. The Morgan fingerprint density at radius 3 is 0.534 bits per heavy atom. The predicted octanol–water partition coefficient (Wildman–Crippen LogP) is -14.1. The number of aliphatic imine (C=N–C) groups is 8. The van der Waals surface area contributed by atoms with E-state index in [1.54, 1.807) is 19.6 Å². The molecule has 1 rings (SSSR count). The number of guanidine groups is 8. The van der Waals surface area contributed by atoms with E-state index in [-0.39, 0.29) is 255 Å². The number of carboxylic acids is 4. The summed E-state index contributed by atoms with van der Waals surface area (Å²) in [4.78, 5) is 203. The van der Waals surface area contributed by atoms with E-state index in [0.29, 0.717) is 0 Å². The number of aliphatic carboxylic acids is 4. The number of carboxylic acid groups (broad SMARTS) is 4. The summed E-state index contributed by atoms with van der Waals surface area (Å²) in [5, 5.41) is 60.1. The highest BCUT2D eigenvalue weighted by Crippen LogP contribution is 2.13. The van der Waals surface area contributed by atoms with Gasteiger partial charge in [0.2, 0.25) is 47.3 Å². The third-order valence-electron chi connectivity index (χ3n) is 17.0. The van der Waals surface area contributed by atoms with Gasteiger partial charge in [-0.1, -0.05) is 0 Å². The molecule has 44 N–H and O–H groups in total. The molecule has 1 saturated heterocycles. The van der Waals surface area contributed by atoms with Crippen LogP contribution in [0.3, 0.4) is 0 Å². The van der Waals surface area contributed by atoms with Crippen molar-refractivity contribution in [3.05, 3.63) is 0 Å². The van der Waals surface area contributed by atoms with Crippen LogP contribution in [0.2, 0.25) is 0 Å². The van der Waals surface area contributed by atoms with Crippen LogP contribution < -0.4 is 134 Å². The second-order valence-electron chi connectivity index (χ2n) is 26.8. The summed E-state index contributed by atoms with van der Waals surface area (Å²) in [5.41, 5.74) is 89.3. The van der Waals surface area contributed by atoms with Crippen molar-refractivity contribution < 1.29 is 78.0 Å². The van der Waals surface area contributed by atoms with Crippen LogP contribution in [0.4, 0.5) is 0 Å². The molecule has 1 aliphatic rings. The van der Waals surface area contributed by atoms with Crippen molar-refractivity contribution in [2.45, 2.75) is 151 Å². The molecule has 8 atom stereocenters. The Bertz CT molecular complexity index is 3350. The first-order valence-corrected chi connectivity index (χ1v) is 37.4. The van der Waals surface area contributed by atoms with E-state index < -0.39 is 146 Å². The fourth-order valence-electron chi connectivity index (χ4n) is 11.3. The Labute approximate surface area is 670 Å². The van der Waals surface area contributed by atoms with Crippen molar-refractivity contribution in [1.82, 2.24) is 62.1 Å². The lowest BCUT2D eigenvalue weighted by Crippen LogP contribution is -2.60. The maximum Gasteiger partial charge on any atom is 0.326 e. The van der Waals surface area contributed by atoms with Gasteiger partial charge in [0.05, 0.1) is 26.2 Å². The Balaban J connectivity index is 4.07. The maximum absolute atomic E-state index is 15.0. The lowest BCUT2D eigenvalue weighted by molar-refractivity contribution is -0.142. The van der Waals surface area contributed by atoms with Crippen LogP contribution >= 0.6 is 0 Å². The third-order valence-corrected chi connectivity index (χ3v) is 17.0. The Morgan fingerprint density at radius 1 is 0.233 bits per heavy atom. The summed E-state index contributed by atoms with van der Waals surface area (Å²) >= 11 is 0. The Morgan fingerprint density at radius 2 is 0.379 bits per heavy atom. The minimum absolute atomic E-state index is 0.00445. The summed E-state index contributed by atoms with van der Waals surface area (Å²) in [6, 6.07) is -12.4. The molecular formula is C64H124N36O16. The molecule has 1 aliphatic heterocycles. The van der Waals surface area contributed by atoms with Crippen LogP contribution in [0.1, 0.15) is 103 Å². The summed E-state index contributed by atoms with van der Waals surface area (Å²) in [6.45, 7) is -1.77. The maximum atomic E-state index is 15.0. The average molecular weight is 1650 g/mol. The smallest absolute Gasteiger partial charge is 0.326 e. The lowest BCUT2D eigenvalue weighted by atomic mass is 10.0. The fraction of sp³-hybridized carbons (Fsp3) is 0.688. The Hall–Kier alpha value is -12.4. The third kappa shape index (κ3) is 49.9. The van der Waals surface area contributed by atoms with Crippen LogP contribution in [0.5, 0.6) is 0 Å². The van der Waals surface area contributed by atoms with E-state index in [2.05, 4.69) is 82.5 Å². The standard InChI is InChI=1S/C64H124N36O16/c65-57(66)81-17-1-9-37(89-45(101)33-97-25-27-98(34-46(102)103)29-31-100(36-48(106)107)32-30-99(28-26-97)35-47(104)105)49(108)90-38(10-2-18-82-58(67)68)50(109)91-39(11-3-19-83-59(69)70)51(110)92-40(12-4-20-84-60(71)72)52(111)93-41(13-5-21-85-61(73)74)53(112)94-42(14-6-22-86-62(75)76)54(113)95-43(15-7-23-87-63(77)78)55(114)96-44(56(115)116)16-8-24-88-64(79)80/h37-44H,1-36H2,(H,89,101)(H,90,108)(H,91,109)(H,92,110)(H,93,111)(H,94,112)(H,95,113)(H,96,114)(H,102,103)(H,104,105)(H,106,107)(H,115,116)(H4,65,66,81)(H4,67,68,82)(H4,69,70,83)(H4,71,72,84)(H4,73,74,85)(H4,75,76,86)(H4,77,78,87)(H4,79,80,88)/t37-,38-,39-,40-,41-,42-,43-,44-/m0/s1. The van der Waals surface area contributed by atoms with Crippen molar-refractivity contribution in [3.8, 4) is 0 Å². The van der Waals surface area contributed by atoms with Crippen molar-refractivity contribution in [2.75, 3.05) is 131 Å². The van der Waals surface area contributed by atoms with Gasteiger partial charge in [0.15, 0.2) is 47.7 Å². The molecule has 0 aliphatic carbocycles. The molecule has 1 fully saturated rings. The number of hydrogen-bond donors (Lipinski definition) is 28. The van der Waals surface area contributed by atoms with Gasteiger partial charge in [0.1, 0.15) is 48.3 Å². The second kappa shape index (κ2) is 57.6. The van der Waals surface area contributed by atoms with Crippen molar-refractivity contribution in [2.24, 2.45) is 132 Å². The highest BCUT2D eigenvalue weighted by Gasteiger charge is 2.36. The SMILES string of the molecule is NC(N)=NCCC[C@H](NC(=O)[C@H](CCCN=C(N)N)NC(=O)[C@H](CCCN=C(N)N)NC(=O)[C@H](CCCN=C(N)N)NC(=O)[C@H](CCCN=C(N)N)NC(=O)[C@H](CCCN=C(N)N)NC(=O)[C@H](CCCN=C(N)N)NC(=O)[C@H](CCCN=C(N)N)NC(=O)CN1CCN(CC(=O)O)CCN(CC(=O)O)CCN(CC(=O)O)CC1)C(=O)O. The topological polar surface area (TPSA) is 910 Å². The van der Waals surface area contributed by atoms with Gasteiger partial charge in [-0.2, -0.15) is 0 Å². The molecule has 0 aromatic heterocycles. The van der Waals surface area contributed by atoms with E-state index in [4.69, 9.17) is 91.7 Å². The molecule has 1 heterocycles. The monoisotopic (exact) mass is 1650 g/mol. The first-order valence-electron chi connectivity index (χ1n) is 37.4. The number of nitrogens with zero attached hydrogens (tertiary/aromatic N) is 12. The van der Waals surface area contributed by atoms with Crippen molar-refractivity contribution in [3.63, 3.8) is 0 Å². The molecule has 0 radical (unpaired) electrons. The zero-order valence-corrected chi connectivity index (χ0v) is 65.4. The molecule has 0 bridgehead atoms. The minimum atomic E-state index is -1.62. The van der Waals surface area contributed by atoms with Crippen LogP contribution in [-0.2, 0) is 57.5 Å². The average Bonchev–Trinajstić information content (AvgIpc) is 0.892. The normalized spacial score (nSPS) is 14.9. The van der Waals surface area contributed by atoms with Gasteiger partial charge in [-0.15, -0.1) is 0 Å². The van der Waals surface area contributed by atoms with Crippen LogP contribution in [0, 0.1) is 0 Å². The molecule has 0 spiro atoms. The highest BCUT2D eigenvalue weighted by molar-refractivity contribution is 5.98. The zero-order chi connectivity index (χ0) is 87.2. The molecule has 52 heteroatoms. The summed E-state index contributed by atoms with van der Waals surface area (Å²) in [6.07, 6.45) is -1.57. The van der Waals surface area contributed by atoms with E-state index >= 15 is 0 Å². The number of nitrogens with two attached hydrogens (primary N) is 16.